The van der Waals surface area contributed by atoms with E-state index < -0.39 is 5.97 Å². The van der Waals surface area contributed by atoms with Gasteiger partial charge in [-0.15, -0.1) is 0 Å². The van der Waals surface area contributed by atoms with Gasteiger partial charge in [0.2, 0.25) is 0 Å². The summed E-state index contributed by atoms with van der Waals surface area (Å²) in [5.74, 6) is 0.588. The van der Waals surface area contributed by atoms with E-state index in [9.17, 15) is 9.59 Å². The molecule has 3 rings (SSSR count). The Labute approximate surface area is 174 Å². The highest BCUT2D eigenvalue weighted by atomic mass is 16.5. The van der Waals surface area contributed by atoms with Crippen molar-refractivity contribution >= 4 is 22.8 Å². The van der Waals surface area contributed by atoms with Gasteiger partial charge in [-0.05, 0) is 49.7 Å². The zero-order chi connectivity index (χ0) is 21.3. The van der Waals surface area contributed by atoms with E-state index >= 15 is 0 Å². The molecule has 0 unspecified atom stereocenters. The molecule has 0 saturated heterocycles. The molecule has 0 aliphatic heterocycles. The van der Waals surface area contributed by atoms with Gasteiger partial charge in [-0.3, -0.25) is 9.59 Å². The molecule has 0 bridgehead atoms. The molecule has 0 aliphatic carbocycles. The molecule has 0 radical (unpaired) electrons. The Kier molecular flexibility index (Phi) is 7.32. The van der Waals surface area contributed by atoms with Crippen LogP contribution < -0.4 is 14.8 Å². The zero-order valence-electron chi connectivity index (χ0n) is 17.1. The number of carbonyl (C=O) groups is 2. The molecule has 0 saturated carbocycles. The first-order chi connectivity index (χ1) is 14.5. The standard InChI is InChI=1S/C23H25NO6/c1-3-27-18-5-7-19(8-6-18)28-11-10-24-22(25)15-30-23(26)13-17-14-29-21-12-16(2)4-9-20(17)21/h4-9,12,14H,3,10-11,13,15H2,1-2H3,(H,24,25). The van der Waals surface area contributed by atoms with Gasteiger partial charge in [0.1, 0.15) is 23.7 Å². The minimum Gasteiger partial charge on any atom is -0.494 e. The first-order valence-corrected chi connectivity index (χ1v) is 9.80. The van der Waals surface area contributed by atoms with Crippen LogP contribution in [0.1, 0.15) is 18.1 Å². The summed E-state index contributed by atoms with van der Waals surface area (Å²) in [6, 6.07) is 13.0. The van der Waals surface area contributed by atoms with Gasteiger partial charge in [0.05, 0.1) is 25.8 Å². The molecule has 30 heavy (non-hydrogen) atoms. The van der Waals surface area contributed by atoms with Gasteiger partial charge in [0.25, 0.3) is 5.91 Å². The minimum atomic E-state index is -0.487. The Morgan fingerprint density at radius 2 is 1.77 bits per heavy atom. The Morgan fingerprint density at radius 1 is 1.03 bits per heavy atom. The number of rotatable bonds is 10. The number of hydrogen-bond donors (Lipinski definition) is 1. The Hall–Kier alpha value is -3.48. The molecular weight excluding hydrogens is 386 g/mol. The van der Waals surface area contributed by atoms with Gasteiger partial charge in [-0.25, -0.2) is 0 Å². The first kappa shape index (κ1) is 21.2. The number of hydrogen-bond acceptors (Lipinski definition) is 6. The molecule has 0 aliphatic rings. The number of ether oxygens (including phenoxy) is 3. The Balaban J connectivity index is 1.34. The van der Waals surface area contributed by atoms with Gasteiger partial charge in [-0.1, -0.05) is 12.1 Å². The predicted molar refractivity (Wildman–Crippen MR) is 112 cm³/mol. The van der Waals surface area contributed by atoms with Crippen LogP contribution in [0.3, 0.4) is 0 Å². The third-order valence-electron chi connectivity index (χ3n) is 4.34. The van der Waals surface area contributed by atoms with E-state index in [4.69, 9.17) is 18.6 Å². The molecule has 1 N–H and O–H groups in total. The van der Waals surface area contributed by atoms with Crippen molar-refractivity contribution in [3.05, 3.63) is 59.9 Å². The summed E-state index contributed by atoms with van der Waals surface area (Å²) in [5.41, 5.74) is 2.54. The van der Waals surface area contributed by atoms with Crippen LogP contribution in [0.15, 0.2) is 53.1 Å². The molecule has 7 nitrogen and oxygen atoms in total. The molecule has 158 valence electrons. The monoisotopic (exact) mass is 411 g/mol. The molecule has 0 fully saturated rings. The van der Waals surface area contributed by atoms with Gasteiger partial charge in [-0.2, -0.15) is 0 Å². The van der Waals surface area contributed by atoms with Gasteiger partial charge < -0.3 is 23.9 Å². The molecule has 3 aromatic rings. The molecule has 0 atom stereocenters. The van der Waals surface area contributed by atoms with E-state index in [1.165, 1.54) is 0 Å². The maximum absolute atomic E-state index is 12.0. The predicted octanol–water partition coefficient (Wildman–Crippen LogP) is 3.42. The second-order valence-electron chi connectivity index (χ2n) is 6.70. The molecule has 7 heteroatoms. The highest BCUT2D eigenvalue weighted by Crippen LogP contribution is 2.23. The average molecular weight is 411 g/mol. The summed E-state index contributed by atoms with van der Waals surface area (Å²) in [6.45, 7) is 4.76. The lowest BCUT2D eigenvalue weighted by Gasteiger charge is -2.09. The molecular formula is C23H25NO6. The van der Waals surface area contributed by atoms with Gasteiger partial charge >= 0.3 is 5.97 Å². The van der Waals surface area contributed by atoms with Gasteiger partial charge in [0.15, 0.2) is 6.61 Å². The molecule has 0 spiro atoms. The van der Waals surface area contributed by atoms with Crippen LogP contribution in [0, 0.1) is 6.92 Å². The molecule has 1 amide bonds. The van der Waals surface area contributed by atoms with Crippen molar-refractivity contribution in [3.63, 3.8) is 0 Å². The summed E-state index contributed by atoms with van der Waals surface area (Å²) in [6.07, 6.45) is 1.59. The zero-order valence-corrected chi connectivity index (χ0v) is 17.1. The SMILES string of the molecule is CCOc1ccc(OCCNC(=O)COC(=O)Cc2coc3cc(C)ccc23)cc1. The summed E-state index contributed by atoms with van der Waals surface area (Å²) >= 11 is 0. The number of furan rings is 1. The first-order valence-electron chi connectivity index (χ1n) is 9.80. The highest BCUT2D eigenvalue weighted by molar-refractivity contribution is 5.87. The van der Waals surface area contributed by atoms with Crippen molar-refractivity contribution in [3.8, 4) is 11.5 Å². The fourth-order valence-electron chi connectivity index (χ4n) is 2.89. The number of carbonyl (C=O) groups excluding carboxylic acids is 2. The van der Waals surface area contributed by atoms with Crippen molar-refractivity contribution in [2.45, 2.75) is 20.3 Å². The maximum atomic E-state index is 12.0. The molecule has 2 aromatic carbocycles. The second-order valence-corrected chi connectivity index (χ2v) is 6.70. The quantitative estimate of drug-likeness (QED) is 0.406. The smallest absolute Gasteiger partial charge is 0.310 e. The van der Waals surface area contributed by atoms with Crippen LogP contribution >= 0.6 is 0 Å². The summed E-state index contributed by atoms with van der Waals surface area (Å²) in [5, 5.41) is 3.52. The van der Waals surface area contributed by atoms with E-state index in [-0.39, 0.29) is 18.9 Å². The van der Waals surface area contributed by atoms with Crippen molar-refractivity contribution < 1.29 is 28.2 Å². The third kappa shape index (κ3) is 6.01. The van der Waals surface area contributed by atoms with Crippen LogP contribution in [0.4, 0.5) is 0 Å². The van der Waals surface area contributed by atoms with Crippen LogP contribution in [0.2, 0.25) is 0 Å². The fourth-order valence-corrected chi connectivity index (χ4v) is 2.89. The fraction of sp³-hybridized carbons (Fsp3) is 0.304. The number of fused-ring (bicyclic) bond motifs is 1. The number of nitrogens with one attached hydrogen (secondary N) is 1. The topological polar surface area (TPSA) is 87.0 Å². The van der Waals surface area contributed by atoms with E-state index in [0.717, 1.165) is 27.8 Å². The van der Waals surface area contributed by atoms with Crippen LogP contribution in [0.5, 0.6) is 11.5 Å². The normalized spacial score (nSPS) is 10.6. The van der Waals surface area contributed by atoms with Crippen LogP contribution in [-0.4, -0.2) is 38.2 Å². The number of aryl methyl sites for hydroxylation is 1. The summed E-state index contributed by atoms with van der Waals surface area (Å²) in [4.78, 5) is 23.9. The van der Waals surface area contributed by atoms with Crippen LogP contribution in [-0.2, 0) is 20.7 Å². The molecule has 1 aromatic heterocycles. The third-order valence-corrected chi connectivity index (χ3v) is 4.34. The lowest BCUT2D eigenvalue weighted by molar-refractivity contribution is -0.147. The average Bonchev–Trinajstić information content (AvgIpc) is 3.12. The van der Waals surface area contributed by atoms with Crippen molar-refractivity contribution in [1.82, 2.24) is 5.32 Å². The number of benzene rings is 2. The van der Waals surface area contributed by atoms with Gasteiger partial charge in [0, 0.05) is 10.9 Å². The minimum absolute atomic E-state index is 0.0458. The van der Waals surface area contributed by atoms with Crippen molar-refractivity contribution in [1.29, 1.82) is 0 Å². The van der Waals surface area contributed by atoms with Crippen molar-refractivity contribution in [2.75, 3.05) is 26.4 Å². The number of esters is 1. The maximum Gasteiger partial charge on any atom is 0.310 e. The number of amides is 1. The largest absolute Gasteiger partial charge is 0.494 e. The van der Waals surface area contributed by atoms with E-state index in [2.05, 4.69) is 5.32 Å². The van der Waals surface area contributed by atoms with E-state index in [1.54, 1.807) is 18.4 Å². The summed E-state index contributed by atoms with van der Waals surface area (Å²) in [7, 11) is 0. The second kappa shape index (κ2) is 10.3. The highest BCUT2D eigenvalue weighted by Gasteiger charge is 2.13. The lowest BCUT2D eigenvalue weighted by atomic mass is 10.1. The van der Waals surface area contributed by atoms with Crippen molar-refractivity contribution in [2.24, 2.45) is 0 Å². The van der Waals surface area contributed by atoms with E-state index in [0.29, 0.717) is 25.5 Å². The lowest BCUT2D eigenvalue weighted by Crippen LogP contribution is -2.32. The Bertz CT molecular complexity index is 993. The van der Waals surface area contributed by atoms with Crippen LogP contribution in [0.25, 0.3) is 11.0 Å². The van der Waals surface area contributed by atoms with E-state index in [1.807, 2.05) is 44.2 Å². The Morgan fingerprint density at radius 3 is 2.50 bits per heavy atom. The summed E-state index contributed by atoms with van der Waals surface area (Å²) < 4.78 is 21.4. The molecule has 1 heterocycles.